The van der Waals surface area contributed by atoms with Gasteiger partial charge in [0, 0.05) is 25.2 Å². The van der Waals surface area contributed by atoms with Gasteiger partial charge in [0.15, 0.2) is 0 Å². The summed E-state index contributed by atoms with van der Waals surface area (Å²) in [7, 11) is 2.02. The molecule has 0 spiro atoms. The number of aryl methyl sites for hydroxylation is 1. The summed E-state index contributed by atoms with van der Waals surface area (Å²) in [6.45, 7) is 0. The molecule has 0 radical (unpaired) electrons. The van der Waals surface area contributed by atoms with Crippen LogP contribution in [-0.2, 0) is 11.2 Å². The number of hydrogen-bond donors (Lipinski definition) is 1. The van der Waals surface area contributed by atoms with Gasteiger partial charge in [-0.2, -0.15) is 0 Å². The van der Waals surface area contributed by atoms with E-state index in [4.69, 9.17) is 0 Å². The highest BCUT2D eigenvalue weighted by molar-refractivity contribution is 8.00. The summed E-state index contributed by atoms with van der Waals surface area (Å²) in [4.78, 5) is 15.1. The third kappa shape index (κ3) is 2.56. The minimum absolute atomic E-state index is 0.00230. The standard InChI is InChI=1S/C18H24N2OS/c1-20(15-10-13-6-7-14(11-15)19-13)18(21)17-16-5-3-2-4-12(16)8-9-22-17/h2-5,13-15,17,19H,6-11H2,1H3. The van der Waals surface area contributed by atoms with E-state index >= 15 is 0 Å². The van der Waals surface area contributed by atoms with E-state index in [1.54, 1.807) is 0 Å². The molecule has 2 fully saturated rings. The number of likely N-dealkylation sites (N-methyl/N-ethyl adjacent to an activating group) is 1. The minimum atomic E-state index is 0.00230. The Morgan fingerprint density at radius 2 is 1.95 bits per heavy atom. The van der Waals surface area contributed by atoms with Crippen molar-refractivity contribution in [3.63, 3.8) is 0 Å². The van der Waals surface area contributed by atoms with Crippen molar-refractivity contribution in [1.82, 2.24) is 10.2 Å². The summed E-state index contributed by atoms with van der Waals surface area (Å²) < 4.78 is 0. The molecule has 2 bridgehead atoms. The van der Waals surface area contributed by atoms with Crippen LogP contribution >= 0.6 is 11.8 Å². The summed E-state index contributed by atoms with van der Waals surface area (Å²) in [5, 5.41) is 3.67. The first-order chi connectivity index (χ1) is 10.7. The molecule has 1 aromatic carbocycles. The van der Waals surface area contributed by atoms with Gasteiger partial charge in [0.05, 0.1) is 0 Å². The Hall–Kier alpha value is -1.00. The number of thioether (sulfide) groups is 1. The molecule has 3 heterocycles. The second-order valence-electron chi connectivity index (χ2n) is 6.91. The van der Waals surface area contributed by atoms with E-state index in [0.29, 0.717) is 24.0 Å². The smallest absolute Gasteiger partial charge is 0.240 e. The Kier molecular flexibility index (Phi) is 3.91. The number of amides is 1. The van der Waals surface area contributed by atoms with Crippen LogP contribution in [0.3, 0.4) is 0 Å². The van der Waals surface area contributed by atoms with E-state index in [1.807, 2.05) is 18.8 Å². The lowest BCUT2D eigenvalue weighted by Crippen LogP contribution is -2.49. The molecule has 3 aliphatic heterocycles. The number of benzene rings is 1. The second kappa shape index (κ2) is 5.89. The van der Waals surface area contributed by atoms with Gasteiger partial charge in [0.25, 0.3) is 0 Å². The third-order valence-corrected chi connectivity index (χ3v) is 6.79. The highest BCUT2D eigenvalue weighted by Gasteiger charge is 2.38. The highest BCUT2D eigenvalue weighted by Crippen LogP contribution is 2.39. The van der Waals surface area contributed by atoms with E-state index < -0.39 is 0 Å². The molecule has 118 valence electrons. The maximum Gasteiger partial charge on any atom is 0.240 e. The fraction of sp³-hybridized carbons (Fsp3) is 0.611. The van der Waals surface area contributed by atoms with Gasteiger partial charge >= 0.3 is 0 Å². The predicted molar refractivity (Wildman–Crippen MR) is 91.1 cm³/mol. The zero-order valence-corrected chi connectivity index (χ0v) is 13.9. The van der Waals surface area contributed by atoms with Gasteiger partial charge < -0.3 is 10.2 Å². The monoisotopic (exact) mass is 316 g/mol. The molecule has 1 amide bonds. The largest absolute Gasteiger partial charge is 0.341 e. The Morgan fingerprint density at radius 1 is 1.23 bits per heavy atom. The first-order valence-electron chi connectivity index (χ1n) is 8.44. The van der Waals surface area contributed by atoms with Crippen molar-refractivity contribution in [3.05, 3.63) is 35.4 Å². The first kappa shape index (κ1) is 14.6. The number of nitrogens with one attached hydrogen (secondary N) is 1. The molecule has 0 aromatic heterocycles. The van der Waals surface area contributed by atoms with Crippen molar-refractivity contribution < 1.29 is 4.79 Å². The number of piperidine rings is 1. The van der Waals surface area contributed by atoms with Gasteiger partial charge in [-0.3, -0.25) is 4.79 Å². The first-order valence-corrected chi connectivity index (χ1v) is 9.49. The van der Waals surface area contributed by atoms with Crippen LogP contribution in [0.1, 0.15) is 42.1 Å². The van der Waals surface area contributed by atoms with Crippen molar-refractivity contribution >= 4 is 17.7 Å². The quantitative estimate of drug-likeness (QED) is 0.910. The van der Waals surface area contributed by atoms with Crippen molar-refractivity contribution in [3.8, 4) is 0 Å². The summed E-state index contributed by atoms with van der Waals surface area (Å²) >= 11 is 1.82. The van der Waals surface area contributed by atoms with Crippen LogP contribution in [0.4, 0.5) is 0 Å². The lowest BCUT2D eigenvalue weighted by atomic mass is 9.96. The summed E-state index contributed by atoms with van der Waals surface area (Å²) in [6.07, 6.45) is 5.90. The number of rotatable bonds is 2. The molecular formula is C18H24N2OS. The van der Waals surface area contributed by atoms with Crippen LogP contribution in [0, 0.1) is 0 Å². The Bertz CT molecular complexity index is 564. The second-order valence-corrected chi connectivity index (χ2v) is 8.12. The van der Waals surface area contributed by atoms with Crippen LogP contribution in [0.2, 0.25) is 0 Å². The molecule has 3 atom stereocenters. The lowest BCUT2D eigenvalue weighted by Gasteiger charge is -2.38. The SMILES string of the molecule is CN(C(=O)C1SCCc2ccccc21)C1CC2CCC(C1)N2. The van der Waals surface area contributed by atoms with Gasteiger partial charge in [0.2, 0.25) is 5.91 Å². The molecule has 1 aromatic rings. The molecule has 22 heavy (non-hydrogen) atoms. The van der Waals surface area contributed by atoms with Gasteiger partial charge in [-0.25, -0.2) is 0 Å². The molecule has 4 rings (SSSR count). The van der Waals surface area contributed by atoms with E-state index in [9.17, 15) is 4.79 Å². The Labute approximate surface area is 136 Å². The number of fused-ring (bicyclic) bond motifs is 3. The molecule has 2 saturated heterocycles. The maximum absolute atomic E-state index is 13.1. The fourth-order valence-electron chi connectivity index (χ4n) is 4.31. The molecule has 0 saturated carbocycles. The van der Waals surface area contributed by atoms with Gasteiger partial charge in [0.1, 0.15) is 5.25 Å². The van der Waals surface area contributed by atoms with Crippen molar-refractivity contribution in [2.75, 3.05) is 12.8 Å². The summed E-state index contributed by atoms with van der Waals surface area (Å²) in [5.74, 6) is 1.36. The normalized spacial score (nSPS) is 33.3. The number of nitrogens with zero attached hydrogens (tertiary/aromatic N) is 1. The van der Waals surface area contributed by atoms with E-state index in [0.717, 1.165) is 25.0 Å². The fourth-order valence-corrected chi connectivity index (χ4v) is 5.60. The lowest BCUT2D eigenvalue weighted by molar-refractivity contribution is -0.132. The minimum Gasteiger partial charge on any atom is -0.341 e. The van der Waals surface area contributed by atoms with Crippen molar-refractivity contribution in [2.24, 2.45) is 0 Å². The van der Waals surface area contributed by atoms with Crippen LogP contribution in [0.5, 0.6) is 0 Å². The molecular weight excluding hydrogens is 292 g/mol. The van der Waals surface area contributed by atoms with Crippen molar-refractivity contribution in [1.29, 1.82) is 0 Å². The molecule has 1 N–H and O–H groups in total. The van der Waals surface area contributed by atoms with Crippen molar-refractivity contribution in [2.45, 2.75) is 55.5 Å². The molecule has 3 unspecified atom stereocenters. The van der Waals surface area contributed by atoms with Gasteiger partial charge in [-0.1, -0.05) is 24.3 Å². The highest BCUT2D eigenvalue weighted by atomic mass is 32.2. The number of carbonyl (C=O) groups is 1. The van der Waals surface area contributed by atoms with E-state index in [1.165, 1.54) is 24.0 Å². The topological polar surface area (TPSA) is 32.3 Å². The van der Waals surface area contributed by atoms with E-state index in [-0.39, 0.29) is 5.25 Å². The summed E-state index contributed by atoms with van der Waals surface area (Å²) in [6, 6.07) is 10.2. The predicted octanol–water partition coefficient (Wildman–Crippen LogP) is 2.76. The molecule has 3 nitrogen and oxygen atoms in total. The van der Waals surface area contributed by atoms with Gasteiger partial charge in [-0.05, 0) is 49.0 Å². The van der Waals surface area contributed by atoms with Crippen LogP contribution in [0.25, 0.3) is 0 Å². The summed E-state index contributed by atoms with van der Waals surface area (Å²) in [5.41, 5.74) is 2.60. The van der Waals surface area contributed by atoms with Crippen LogP contribution in [0.15, 0.2) is 24.3 Å². The molecule has 0 aliphatic carbocycles. The van der Waals surface area contributed by atoms with Gasteiger partial charge in [-0.15, -0.1) is 11.8 Å². The molecule has 3 aliphatic rings. The van der Waals surface area contributed by atoms with Crippen LogP contribution < -0.4 is 5.32 Å². The third-order valence-electron chi connectivity index (χ3n) is 5.56. The Balaban J connectivity index is 1.52. The Morgan fingerprint density at radius 3 is 2.73 bits per heavy atom. The molecule has 4 heteroatoms. The number of carbonyl (C=O) groups excluding carboxylic acids is 1. The maximum atomic E-state index is 13.1. The average Bonchev–Trinajstić information content (AvgIpc) is 2.91. The van der Waals surface area contributed by atoms with Crippen LogP contribution in [-0.4, -0.2) is 41.7 Å². The van der Waals surface area contributed by atoms with E-state index in [2.05, 4.69) is 34.5 Å². The number of hydrogen-bond acceptors (Lipinski definition) is 3. The average molecular weight is 316 g/mol. The zero-order valence-electron chi connectivity index (χ0n) is 13.1. The zero-order chi connectivity index (χ0) is 15.1.